The van der Waals surface area contributed by atoms with E-state index in [0.717, 1.165) is 11.0 Å². The maximum Gasteiger partial charge on any atom is 0.416 e. The van der Waals surface area contributed by atoms with Gasteiger partial charge in [0, 0.05) is 17.5 Å². The molecular weight excluding hydrogens is 492 g/mol. The molecule has 1 saturated heterocycles. The number of hydrogen-bond donors (Lipinski definition) is 0. The average Bonchev–Trinajstić information content (AvgIpc) is 2.92. The van der Waals surface area contributed by atoms with Crippen LogP contribution in [0.2, 0.25) is 5.15 Å². The van der Waals surface area contributed by atoms with Gasteiger partial charge in [0.15, 0.2) is 10.9 Å². The number of rotatable bonds is 3. The molecule has 2 aromatic carbocycles. The van der Waals surface area contributed by atoms with Gasteiger partial charge in [-0.25, -0.2) is 14.4 Å². The summed E-state index contributed by atoms with van der Waals surface area (Å²) in [6.07, 6.45) is -4.14. The number of nitrogens with zero attached hydrogens (tertiary/aromatic N) is 4. The molecule has 0 radical (unpaired) electrons. The molecule has 0 atom stereocenters. The van der Waals surface area contributed by atoms with E-state index in [0.29, 0.717) is 12.2 Å². The zero-order chi connectivity index (χ0) is 25.2. The molecule has 178 valence electrons. The highest BCUT2D eigenvalue weighted by Gasteiger charge is 2.51. The lowest BCUT2D eigenvalue weighted by Crippen LogP contribution is -2.44. The fourth-order valence-corrected chi connectivity index (χ4v) is 4.74. The summed E-state index contributed by atoms with van der Waals surface area (Å²) in [5.41, 5.74) is -1.98. The number of carbonyl (C=O) groups is 1. The molecule has 0 N–H and O–H groups in total. The second-order valence-corrected chi connectivity index (χ2v) is 9.15. The van der Waals surface area contributed by atoms with Gasteiger partial charge in [0.05, 0.1) is 11.3 Å². The highest BCUT2D eigenvalue weighted by atomic mass is 35.5. The first-order valence-electron chi connectivity index (χ1n) is 10.3. The molecule has 4 rings (SSSR count). The van der Waals surface area contributed by atoms with Crippen LogP contribution in [0.25, 0.3) is 10.9 Å². The molecule has 11 heteroatoms. The summed E-state index contributed by atoms with van der Waals surface area (Å²) < 4.78 is 55.5. The van der Waals surface area contributed by atoms with Crippen molar-refractivity contribution in [1.29, 1.82) is 0 Å². The van der Waals surface area contributed by atoms with E-state index in [4.69, 9.17) is 23.8 Å². The Labute approximate surface area is 203 Å². The Hall–Kier alpha value is -2.85. The van der Waals surface area contributed by atoms with E-state index in [9.17, 15) is 18.0 Å². The van der Waals surface area contributed by atoms with Gasteiger partial charge in [-0.05, 0) is 62.8 Å². The van der Waals surface area contributed by atoms with Gasteiger partial charge in [0.2, 0.25) is 0 Å². The molecule has 0 aliphatic carbocycles. The van der Waals surface area contributed by atoms with Crippen LogP contribution in [0.4, 0.5) is 28.9 Å². The Bertz CT molecular complexity index is 1360. The maximum atomic E-state index is 15.1. The molecule has 1 aliphatic heterocycles. The van der Waals surface area contributed by atoms with Crippen LogP contribution < -0.4 is 9.80 Å². The van der Waals surface area contributed by atoms with E-state index in [1.165, 1.54) is 36.1 Å². The van der Waals surface area contributed by atoms with Crippen molar-refractivity contribution in [3.8, 4) is 0 Å². The molecule has 5 nitrogen and oxygen atoms in total. The second kappa shape index (κ2) is 8.13. The van der Waals surface area contributed by atoms with Crippen LogP contribution in [0, 0.1) is 12.7 Å². The highest BCUT2D eigenvalue weighted by molar-refractivity contribution is 7.81. The zero-order valence-corrected chi connectivity index (χ0v) is 20.2. The number of aromatic nitrogens is 2. The number of carbonyl (C=O) groups excluding carboxylic acids is 1. The predicted molar refractivity (Wildman–Crippen MR) is 127 cm³/mol. The minimum atomic E-state index is -4.60. The van der Waals surface area contributed by atoms with Gasteiger partial charge >= 0.3 is 6.18 Å². The van der Waals surface area contributed by atoms with Crippen LogP contribution in [0.3, 0.4) is 0 Å². The van der Waals surface area contributed by atoms with Crippen LogP contribution in [0.1, 0.15) is 37.7 Å². The van der Waals surface area contributed by atoms with Crippen molar-refractivity contribution in [2.45, 2.75) is 45.8 Å². The third-order valence-electron chi connectivity index (χ3n) is 5.77. The number of halogens is 5. The van der Waals surface area contributed by atoms with E-state index < -0.39 is 29.0 Å². The average molecular weight is 511 g/mol. The number of anilines is 2. The first kappa shape index (κ1) is 24.3. The molecule has 1 fully saturated rings. The zero-order valence-electron chi connectivity index (χ0n) is 18.6. The number of hydrogen-bond acceptors (Lipinski definition) is 4. The highest BCUT2D eigenvalue weighted by Crippen LogP contribution is 2.41. The molecule has 0 spiro atoms. The topological polar surface area (TPSA) is 49.3 Å². The lowest BCUT2D eigenvalue weighted by Gasteiger charge is -2.29. The Morgan fingerprint density at radius 3 is 2.41 bits per heavy atom. The van der Waals surface area contributed by atoms with Gasteiger partial charge in [-0.15, -0.1) is 0 Å². The third kappa shape index (κ3) is 3.78. The number of fused-ring (bicyclic) bond motifs is 1. The molecule has 1 aromatic heterocycles. The molecule has 0 unspecified atom stereocenters. The van der Waals surface area contributed by atoms with E-state index in [2.05, 4.69) is 9.97 Å². The lowest BCUT2D eigenvalue weighted by atomic mass is 10.0. The summed E-state index contributed by atoms with van der Waals surface area (Å²) in [6, 6.07) is 6.25. The van der Waals surface area contributed by atoms with Crippen molar-refractivity contribution < 1.29 is 22.4 Å². The number of aryl methyl sites for hydroxylation is 2. The van der Waals surface area contributed by atoms with E-state index in [1.807, 2.05) is 6.92 Å². The fraction of sp³-hybridized carbons (Fsp3) is 0.304. The van der Waals surface area contributed by atoms with E-state index >= 15 is 4.39 Å². The van der Waals surface area contributed by atoms with Crippen molar-refractivity contribution in [2.24, 2.45) is 0 Å². The van der Waals surface area contributed by atoms with Gasteiger partial charge < -0.3 is 4.90 Å². The number of thiocarbonyl (C=S) groups is 1. The first-order chi connectivity index (χ1) is 15.8. The van der Waals surface area contributed by atoms with Gasteiger partial charge in [0.25, 0.3) is 5.91 Å². The number of benzene rings is 2. The Morgan fingerprint density at radius 1 is 1.12 bits per heavy atom. The third-order valence-corrected chi connectivity index (χ3v) is 6.42. The summed E-state index contributed by atoms with van der Waals surface area (Å²) in [5.74, 6) is -0.869. The van der Waals surface area contributed by atoms with Crippen LogP contribution in [-0.2, 0) is 17.4 Å². The summed E-state index contributed by atoms with van der Waals surface area (Å²) in [4.78, 5) is 24.1. The normalized spacial score (nSPS) is 16.1. The van der Waals surface area contributed by atoms with Crippen LogP contribution in [-0.4, -0.2) is 26.5 Å². The molecule has 3 aromatic rings. The summed E-state index contributed by atoms with van der Waals surface area (Å²) in [7, 11) is 0. The van der Waals surface area contributed by atoms with Gasteiger partial charge in [-0.3, -0.25) is 9.69 Å². The standard InChI is InChI=1S/C23H19ClF4N4OS/c1-5-17-29-18-14(19(24)30-17)8-13(10-16(18)25)32-21(34)31(20(33)22(32,3)4)12-7-6-11(2)15(9-12)23(26,27)28/h6-10H,5H2,1-4H3. The van der Waals surface area contributed by atoms with Crippen molar-refractivity contribution in [1.82, 2.24) is 9.97 Å². The monoisotopic (exact) mass is 510 g/mol. The minimum absolute atomic E-state index is 0.0163. The fourth-order valence-electron chi connectivity index (χ4n) is 3.98. The first-order valence-corrected chi connectivity index (χ1v) is 11.1. The van der Waals surface area contributed by atoms with Crippen molar-refractivity contribution >= 4 is 57.1 Å². The second-order valence-electron chi connectivity index (χ2n) is 8.42. The molecule has 0 bridgehead atoms. The predicted octanol–water partition coefficient (Wildman–Crippen LogP) is 6.23. The van der Waals surface area contributed by atoms with Gasteiger partial charge in [0.1, 0.15) is 22.0 Å². The quantitative estimate of drug-likeness (QED) is 0.237. The van der Waals surface area contributed by atoms with Gasteiger partial charge in [-0.2, -0.15) is 13.2 Å². The Morgan fingerprint density at radius 2 is 1.79 bits per heavy atom. The number of alkyl halides is 3. The van der Waals surface area contributed by atoms with E-state index in [1.54, 1.807) is 13.8 Å². The Kier molecular flexibility index (Phi) is 5.80. The van der Waals surface area contributed by atoms with Crippen molar-refractivity contribution in [2.75, 3.05) is 9.80 Å². The van der Waals surface area contributed by atoms with Crippen molar-refractivity contribution in [3.05, 3.63) is 58.3 Å². The number of amides is 1. The van der Waals surface area contributed by atoms with E-state index in [-0.39, 0.29) is 38.1 Å². The van der Waals surface area contributed by atoms with Crippen LogP contribution in [0.15, 0.2) is 30.3 Å². The SMILES string of the molecule is CCc1nc(Cl)c2cc(N3C(=S)N(c4ccc(C)c(C(F)(F)F)c4)C(=O)C3(C)C)cc(F)c2n1. The summed E-state index contributed by atoms with van der Waals surface area (Å²) >= 11 is 11.8. The molecule has 2 heterocycles. The van der Waals surface area contributed by atoms with Gasteiger partial charge in [-0.1, -0.05) is 24.6 Å². The minimum Gasteiger partial charge on any atom is -0.303 e. The largest absolute Gasteiger partial charge is 0.416 e. The smallest absolute Gasteiger partial charge is 0.303 e. The molecule has 34 heavy (non-hydrogen) atoms. The lowest BCUT2D eigenvalue weighted by molar-refractivity contribution is -0.138. The summed E-state index contributed by atoms with van der Waals surface area (Å²) in [5, 5.41) is 0.183. The van der Waals surface area contributed by atoms with Crippen LogP contribution in [0.5, 0.6) is 0 Å². The molecule has 0 saturated carbocycles. The molecule has 1 aliphatic rings. The molecular formula is C23H19ClF4N4OS. The van der Waals surface area contributed by atoms with Crippen LogP contribution >= 0.6 is 23.8 Å². The summed E-state index contributed by atoms with van der Waals surface area (Å²) in [6.45, 7) is 6.26. The Balaban J connectivity index is 1.85. The maximum absolute atomic E-state index is 15.1. The molecule has 1 amide bonds. The van der Waals surface area contributed by atoms with Crippen molar-refractivity contribution in [3.63, 3.8) is 0 Å².